The molecule has 78 valence electrons. The first-order chi connectivity index (χ1) is 6.86. The summed E-state index contributed by atoms with van der Waals surface area (Å²) in [5, 5.41) is 3.22. The van der Waals surface area contributed by atoms with Crippen LogP contribution in [0.25, 0.3) is 0 Å². The van der Waals surface area contributed by atoms with Crippen LogP contribution in [0.2, 0.25) is 0 Å². The molecule has 14 heavy (non-hydrogen) atoms. The molecule has 1 atom stereocenters. The molecule has 0 saturated heterocycles. The number of nitrogens with two attached hydrogens (primary N) is 1. The summed E-state index contributed by atoms with van der Waals surface area (Å²) >= 11 is 0. The number of aromatic nitrogens is 2. The van der Waals surface area contributed by atoms with E-state index >= 15 is 0 Å². The molecule has 4 nitrogen and oxygen atoms in total. The number of unbranched alkanes of at least 4 members (excludes halogenated alkanes) is 1. The number of hydrogen-bond acceptors (Lipinski definition) is 4. The van der Waals surface area contributed by atoms with Crippen molar-refractivity contribution in [1.82, 2.24) is 9.97 Å². The lowest BCUT2D eigenvalue weighted by Crippen LogP contribution is -2.29. The lowest BCUT2D eigenvalue weighted by atomic mass is 10.1. The van der Waals surface area contributed by atoms with Crippen LogP contribution < -0.4 is 11.1 Å². The van der Waals surface area contributed by atoms with Crippen LogP contribution >= 0.6 is 0 Å². The molecule has 1 heterocycles. The molecule has 0 aliphatic heterocycles. The minimum atomic E-state index is 0.289. The molecule has 0 aliphatic rings. The SMILES string of the molecule is CCCCC(CN)Nc1ncccn1. The maximum absolute atomic E-state index is 5.64. The molecule has 0 aromatic carbocycles. The highest BCUT2D eigenvalue weighted by atomic mass is 15.1. The van der Waals surface area contributed by atoms with Gasteiger partial charge in [-0.15, -0.1) is 0 Å². The second-order valence-electron chi connectivity index (χ2n) is 3.29. The van der Waals surface area contributed by atoms with Gasteiger partial charge in [-0.1, -0.05) is 19.8 Å². The van der Waals surface area contributed by atoms with Gasteiger partial charge in [0.05, 0.1) is 0 Å². The van der Waals surface area contributed by atoms with Gasteiger partial charge in [-0.05, 0) is 12.5 Å². The summed E-state index contributed by atoms with van der Waals surface area (Å²) in [6.45, 7) is 2.80. The molecule has 0 bridgehead atoms. The van der Waals surface area contributed by atoms with Crippen LogP contribution in [0.5, 0.6) is 0 Å². The average molecular weight is 194 g/mol. The molecule has 0 saturated carbocycles. The molecule has 4 heteroatoms. The minimum absolute atomic E-state index is 0.289. The number of nitrogens with one attached hydrogen (secondary N) is 1. The smallest absolute Gasteiger partial charge is 0.222 e. The lowest BCUT2D eigenvalue weighted by molar-refractivity contribution is 0.610. The van der Waals surface area contributed by atoms with Crippen LogP contribution in [-0.2, 0) is 0 Å². The third-order valence-electron chi connectivity index (χ3n) is 2.09. The summed E-state index contributed by atoms with van der Waals surface area (Å²) in [6.07, 6.45) is 6.90. The zero-order valence-electron chi connectivity index (χ0n) is 8.61. The Hall–Kier alpha value is -1.16. The summed E-state index contributed by atoms with van der Waals surface area (Å²) in [6, 6.07) is 2.09. The van der Waals surface area contributed by atoms with E-state index in [0.717, 1.165) is 6.42 Å². The normalized spacial score (nSPS) is 12.4. The van der Waals surface area contributed by atoms with Gasteiger partial charge in [-0.25, -0.2) is 9.97 Å². The van der Waals surface area contributed by atoms with Gasteiger partial charge in [-0.2, -0.15) is 0 Å². The van der Waals surface area contributed by atoms with E-state index in [4.69, 9.17) is 5.73 Å². The molecular formula is C10H18N4. The van der Waals surface area contributed by atoms with Gasteiger partial charge in [0.25, 0.3) is 0 Å². The van der Waals surface area contributed by atoms with E-state index in [0.29, 0.717) is 12.5 Å². The van der Waals surface area contributed by atoms with Gasteiger partial charge in [0.1, 0.15) is 0 Å². The van der Waals surface area contributed by atoms with Gasteiger partial charge in [-0.3, -0.25) is 0 Å². The molecule has 0 spiro atoms. The summed E-state index contributed by atoms with van der Waals surface area (Å²) in [5.41, 5.74) is 5.64. The predicted octanol–water partition coefficient (Wildman–Crippen LogP) is 1.41. The van der Waals surface area contributed by atoms with Crippen molar-refractivity contribution in [2.45, 2.75) is 32.2 Å². The zero-order chi connectivity index (χ0) is 10.2. The predicted molar refractivity (Wildman–Crippen MR) is 58.0 cm³/mol. The van der Waals surface area contributed by atoms with E-state index in [1.165, 1.54) is 12.8 Å². The van der Waals surface area contributed by atoms with Crippen molar-refractivity contribution in [3.8, 4) is 0 Å². The zero-order valence-corrected chi connectivity index (χ0v) is 8.61. The van der Waals surface area contributed by atoms with Gasteiger partial charge >= 0.3 is 0 Å². The molecular weight excluding hydrogens is 176 g/mol. The first-order valence-electron chi connectivity index (χ1n) is 5.10. The van der Waals surface area contributed by atoms with Crippen molar-refractivity contribution >= 4 is 5.95 Å². The number of hydrogen-bond donors (Lipinski definition) is 2. The Morgan fingerprint density at radius 1 is 1.43 bits per heavy atom. The van der Waals surface area contributed by atoms with Crippen LogP contribution in [0.3, 0.4) is 0 Å². The number of nitrogens with zero attached hydrogens (tertiary/aromatic N) is 2. The monoisotopic (exact) mass is 194 g/mol. The van der Waals surface area contributed by atoms with E-state index < -0.39 is 0 Å². The van der Waals surface area contributed by atoms with Crippen LogP contribution in [0.1, 0.15) is 26.2 Å². The largest absolute Gasteiger partial charge is 0.350 e. The Balaban J connectivity index is 2.40. The van der Waals surface area contributed by atoms with Crippen LogP contribution in [0.4, 0.5) is 5.95 Å². The average Bonchev–Trinajstić information content (AvgIpc) is 2.25. The standard InChI is InChI=1S/C10H18N4/c1-2-3-5-9(8-11)14-10-12-6-4-7-13-10/h4,6-7,9H,2-3,5,8,11H2,1H3,(H,12,13,14). The fraction of sp³-hybridized carbons (Fsp3) is 0.600. The number of anilines is 1. The van der Waals surface area contributed by atoms with E-state index in [1.54, 1.807) is 18.5 Å². The van der Waals surface area contributed by atoms with Gasteiger partial charge in [0.2, 0.25) is 5.95 Å². The first kappa shape index (κ1) is 10.9. The summed E-state index contributed by atoms with van der Waals surface area (Å²) in [4.78, 5) is 8.19. The number of rotatable bonds is 6. The summed E-state index contributed by atoms with van der Waals surface area (Å²) in [7, 11) is 0. The second kappa shape index (κ2) is 6.32. The molecule has 0 aliphatic carbocycles. The third kappa shape index (κ3) is 3.70. The Morgan fingerprint density at radius 3 is 2.71 bits per heavy atom. The van der Waals surface area contributed by atoms with Crippen LogP contribution in [0.15, 0.2) is 18.5 Å². The quantitative estimate of drug-likeness (QED) is 0.718. The van der Waals surface area contributed by atoms with Crippen molar-refractivity contribution < 1.29 is 0 Å². The van der Waals surface area contributed by atoms with Crippen molar-refractivity contribution in [3.05, 3.63) is 18.5 Å². The van der Waals surface area contributed by atoms with Crippen molar-refractivity contribution in [2.24, 2.45) is 5.73 Å². The second-order valence-corrected chi connectivity index (χ2v) is 3.29. The molecule has 1 aromatic heterocycles. The molecule has 0 fully saturated rings. The van der Waals surface area contributed by atoms with Crippen molar-refractivity contribution in [3.63, 3.8) is 0 Å². The Labute approximate surface area is 85.0 Å². The van der Waals surface area contributed by atoms with E-state index in [9.17, 15) is 0 Å². The topological polar surface area (TPSA) is 63.8 Å². The maximum Gasteiger partial charge on any atom is 0.222 e. The van der Waals surface area contributed by atoms with E-state index in [1.807, 2.05) is 0 Å². The van der Waals surface area contributed by atoms with Crippen LogP contribution in [-0.4, -0.2) is 22.6 Å². The molecule has 0 amide bonds. The van der Waals surface area contributed by atoms with E-state index in [2.05, 4.69) is 22.2 Å². The summed E-state index contributed by atoms with van der Waals surface area (Å²) in [5.74, 6) is 0.666. The highest BCUT2D eigenvalue weighted by molar-refractivity contribution is 5.24. The molecule has 1 aromatic rings. The van der Waals surface area contributed by atoms with Gasteiger partial charge < -0.3 is 11.1 Å². The molecule has 0 radical (unpaired) electrons. The molecule has 1 unspecified atom stereocenters. The highest BCUT2D eigenvalue weighted by Crippen LogP contribution is 2.04. The summed E-state index contributed by atoms with van der Waals surface area (Å²) < 4.78 is 0. The maximum atomic E-state index is 5.64. The molecule has 3 N–H and O–H groups in total. The Bertz CT molecular complexity index is 237. The lowest BCUT2D eigenvalue weighted by Gasteiger charge is -2.15. The minimum Gasteiger partial charge on any atom is -0.350 e. The Morgan fingerprint density at radius 2 is 2.14 bits per heavy atom. The third-order valence-corrected chi connectivity index (χ3v) is 2.09. The Kier molecular flexibility index (Phi) is 4.93. The van der Waals surface area contributed by atoms with E-state index in [-0.39, 0.29) is 6.04 Å². The first-order valence-corrected chi connectivity index (χ1v) is 5.10. The van der Waals surface area contributed by atoms with Crippen molar-refractivity contribution in [1.29, 1.82) is 0 Å². The fourth-order valence-corrected chi connectivity index (χ4v) is 1.26. The fourth-order valence-electron chi connectivity index (χ4n) is 1.26. The van der Waals surface area contributed by atoms with Crippen molar-refractivity contribution in [2.75, 3.05) is 11.9 Å². The van der Waals surface area contributed by atoms with Crippen LogP contribution in [0, 0.1) is 0 Å². The highest BCUT2D eigenvalue weighted by Gasteiger charge is 2.06. The van der Waals surface area contributed by atoms with Gasteiger partial charge in [0, 0.05) is 25.0 Å². The van der Waals surface area contributed by atoms with Gasteiger partial charge in [0.15, 0.2) is 0 Å². The molecule has 1 rings (SSSR count).